The number of para-hydroxylation sites is 1. The SMILES string of the molecule is CC1CCCN(Cc2ccc(O)c(Nc3ncnc4ccccc34)c2)C1. The summed E-state index contributed by atoms with van der Waals surface area (Å²) in [5.41, 5.74) is 2.75. The van der Waals surface area contributed by atoms with E-state index in [0.717, 1.165) is 36.5 Å². The highest BCUT2D eigenvalue weighted by Crippen LogP contribution is 2.30. The van der Waals surface area contributed by atoms with Gasteiger partial charge in [0, 0.05) is 18.5 Å². The van der Waals surface area contributed by atoms with Crippen LogP contribution in [0.2, 0.25) is 0 Å². The van der Waals surface area contributed by atoms with Crippen molar-refractivity contribution in [3.8, 4) is 5.75 Å². The van der Waals surface area contributed by atoms with E-state index in [0.29, 0.717) is 11.5 Å². The van der Waals surface area contributed by atoms with Gasteiger partial charge in [-0.25, -0.2) is 9.97 Å². The van der Waals surface area contributed by atoms with Gasteiger partial charge in [0.15, 0.2) is 0 Å². The van der Waals surface area contributed by atoms with E-state index >= 15 is 0 Å². The van der Waals surface area contributed by atoms with Gasteiger partial charge in [0.2, 0.25) is 0 Å². The largest absolute Gasteiger partial charge is 0.506 e. The molecule has 0 saturated carbocycles. The molecule has 3 aromatic rings. The van der Waals surface area contributed by atoms with Crippen LogP contribution in [0.15, 0.2) is 48.8 Å². The monoisotopic (exact) mass is 348 g/mol. The van der Waals surface area contributed by atoms with Gasteiger partial charge in [-0.2, -0.15) is 0 Å². The Morgan fingerprint density at radius 1 is 1.19 bits per heavy atom. The van der Waals surface area contributed by atoms with Gasteiger partial charge in [0.05, 0.1) is 11.2 Å². The first-order valence-electron chi connectivity index (χ1n) is 9.20. The quantitative estimate of drug-likeness (QED) is 0.688. The highest BCUT2D eigenvalue weighted by molar-refractivity contribution is 5.90. The van der Waals surface area contributed by atoms with Crippen molar-refractivity contribution in [2.45, 2.75) is 26.3 Å². The lowest BCUT2D eigenvalue weighted by Gasteiger charge is -2.30. The maximum absolute atomic E-state index is 10.3. The highest BCUT2D eigenvalue weighted by Gasteiger charge is 2.17. The van der Waals surface area contributed by atoms with Crippen LogP contribution in [0.1, 0.15) is 25.3 Å². The average molecular weight is 348 g/mol. The van der Waals surface area contributed by atoms with Gasteiger partial charge < -0.3 is 10.4 Å². The molecule has 0 spiro atoms. The number of aromatic nitrogens is 2. The summed E-state index contributed by atoms with van der Waals surface area (Å²) in [6.45, 7) is 5.50. The van der Waals surface area contributed by atoms with Gasteiger partial charge in [-0.05, 0) is 55.1 Å². The van der Waals surface area contributed by atoms with E-state index in [2.05, 4.69) is 27.1 Å². The molecule has 2 N–H and O–H groups in total. The van der Waals surface area contributed by atoms with Crippen molar-refractivity contribution in [3.63, 3.8) is 0 Å². The van der Waals surface area contributed by atoms with Crippen LogP contribution in [0.25, 0.3) is 10.9 Å². The summed E-state index contributed by atoms with van der Waals surface area (Å²) >= 11 is 0. The van der Waals surface area contributed by atoms with E-state index in [-0.39, 0.29) is 5.75 Å². The summed E-state index contributed by atoms with van der Waals surface area (Å²) in [6.07, 6.45) is 4.12. The lowest BCUT2D eigenvalue weighted by Crippen LogP contribution is -2.33. The molecule has 1 aliphatic heterocycles. The van der Waals surface area contributed by atoms with Crippen LogP contribution >= 0.6 is 0 Å². The van der Waals surface area contributed by atoms with Crippen molar-refractivity contribution in [3.05, 3.63) is 54.4 Å². The van der Waals surface area contributed by atoms with Crippen LogP contribution < -0.4 is 5.32 Å². The number of hydrogen-bond donors (Lipinski definition) is 2. The molecule has 0 radical (unpaired) electrons. The molecule has 1 aromatic heterocycles. The Labute approximate surface area is 153 Å². The molecule has 1 aliphatic rings. The van der Waals surface area contributed by atoms with Gasteiger partial charge in [-0.1, -0.05) is 25.1 Å². The number of benzene rings is 2. The van der Waals surface area contributed by atoms with Crippen molar-refractivity contribution >= 4 is 22.4 Å². The van der Waals surface area contributed by atoms with Crippen molar-refractivity contribution in [2.24, 2.45) is 5.92 Å². The summed E-state index contributed by atoms with van der Waals surface area (Å²) < 4.78 is 0. The van der Waals surface area contributed by atoms with Crippen molar-refractivity contribution in [1.29, 1.82) is 0 Å². The smallest absolute Gasteiger partial charge is 0.141 e. The summed E-state index contributed by atoms with van der Waals surface area (Å²) in [5.74, 6) is 1.68. The van der Waals surface area contributed by atoms with Crippen LogP contribution in [0, 0.1) is 5.92 Å². The number of hydrogen-bond acceptors (Lipinski definition) is 5. The molecule has 1 saturated heterocycles. The van der Waals surface area contributed by atoms with Crippen molar-refractivity contribution in [2.75, 3.05) is 18.4 Å². The fraction of sp³-hybridized carbons (Fsp3) is 0.333. The second-order valence-corrected chi connectivity index (χ2v) is 7.20. The summed E-state index contributed by atoms with van der Waals surface area (Å²) in [6, 6.07) is 13.6. The number of piperidine rings is 1. The van der Waals surface area contributed by atoms with Crippen LogP contribution in [0.5, 0.6) is 5.75 Å². The first-order valence-corrected chi connectivity index (χ1v) is 9.20. The number of phenolic OH excluding ortho intramolecular Hbond substituents is 1. The van der Waals surface area contributed by atoms with E-state index in [9.17, 15) is 5.11 Å². The Bertz CT molecular complexity index is 906. The maximum atomic E-state index is 10.3. The average Bonchev–Trinajstić information content (AvgIpc) is 2.65. The summed E-state index contributed by atoms with van der Waals surface area (Å²) in [7, 11) is 0. The Morgan fingerprint density at radius 2 is 2.08 bits per heavy atom. The molecule has 1 atom stereocenters. The first-order chi connectivity index (χ1) is 12.7. The molecule has 5 nitrogen and oxygen atoms in total. The number of fused-ring (bicyclic) bond motifs is 1. The minimum Gasteiger partial charge on any atom is -0.506 e. The molecular weight excluding hydrogens is 324 g/mol. The Hall–Kier alpha value is -2.66. The van der Waals surface area contributed by atoms with Gasteiger partial charge >= 0.3 is 0 Å². The van der Waals surface area contributed by atoms with Gasteiger partial charge in [-0.3, -0.25) is 4.90 Å². The summed E-state index contributed by atoms with van der Waals surface area (Å²) in [5, 5.41) is 14.5. The van der Waals surface area contributed by atoms with Crippen molar-refractivity contribution < 1.29 is 5.11 Å². The second kappa shape index (κ2) is 7.30. The number of aromatic hydroxyl groups is 1. The van der Waals surface area contributed by atoms with E-state index < -0.39 is 0 Å². The fourth-order valence-corrected chi connectivity index (χ4v) is 3.70. The van der Waals surface area contributed by atoms with Crippen LogP contribution in [0.4, 0.5) is 11.5 Å². The minimum absolute atomic E-state index is 0.225. The first kappa shape index (κ1) is 16.8. The molecule has 134 valence electrons. The fourth-order valence-electron chi connectivity index (χ4n) is 3.70. The van der Waals surface area contributed by atoms with Crippen LogP contribution in [-0.2, 0) is 6.54 Å². The minimum atomic E-state index is 0.225. The number of likely N-dealkylation sites (tertiary alicyclic amines) is 1. The van der Waals surface area contributed by atoms with Gasteiger partial charge in [0.25, 0.3) is 0 Å². The van der Waals surface area contributed by atoms with Gasteiger partial charge in [0.1, 0.15) is 17.9 Å². The number of rotatable bonds is 4. The van der Waals surface area contributed by atoms with Crippen LogP contribution in [0.3, 0.4) is 0 Å². The molecule has 1 fully saturated rings. The van der Waals surface area contributed by atoms with E-state index in [4.69, 9.17) is 0 Å². The zero-order valence-electron chi connectivity index (χ0n) is 15.0. The third kappa shape index (κ3) is 3.63. The zero-order valence-corrected chi connectivity index (χ0v) is 15.0. The molecule has 2 aromatic carbocycles. The third-order valence-corrected chi connectivity index (χ3v) is 5.00. The molecule has 4 rings (SSSR count). The maximum Gasteiger partial charge on any atom is 0.141 e. The molecule has 5 heteroatoms. The standard InChI is InChI=1S/C21H24N4O/c1-15-5-4-10-25(12-15)13-16-8-9-20(26)19(11-16)24-21-17-6-2-3-7-18(17)22-14-23-21/h2-3,6-9,11,14-15,26H,4-5,10,12-13H2,1H3,(H,22,23,24). The Morgan fingerprint density at radius 3 is 2.96 bits per heavy atom. The predicted octanol–water partition coefficient (Wildman–Crippen LogP) is 4.31. The Kier molecular flexibility index (Phi) is 4.71. The number of nitrogens with zero attached hydrogens (tertiary/aromatic N) is 3. The summed E-state index contributed by atoms with van der Waals surface area (Å²) in [4.78, 5) is 11.1. The molecule has 0 bridgehead atoms. The lowest BCUT2D eigenvalue weighted by atomic mass is 10.00. The van der Waals surface area contributed by atoms with Gasteiger partial charge in [-0.15, -0.1) is 0 Å². The molecule has 1 unspecified atom stereocenters. The molecular formula is C21H24N4O. The Balaban J connectivity index is 1.58. The molecule has 0 amide bonds. The van der Waals surface area contributed by atoms with Crippen LogP contribution in [-0.4, -0.2) is 33.1 Å². The third-order valence-electron chi connectivity index (χ3n) is 5.00. The molecule has 26 heavy (non-hydrogen) atoms. The van der Waals surface area contributed by atoms with Crippen molar-refractivity contribution in [1.82, 2.24) is 14.9 Å². The topological polar surface area (TPSA) is 61.3 Å². The second-order valence-electron chi connectivity index (χ2n) is 7.20. The molecule has 0 aliphatic carbocycles. The highest BCUT2D eigenvalue weighted by atomic mass is 16.3. The lowest BCUT2D eigenvalue weighted by molar-refractivity contribution is 0.176. The number of phenols is 1. The zero-order chi connectivity index (χ0) is 17.9. The normalized spacial score (nSPS) is 18.1. The van der Waals surface area contributed by atoms with E-state index in [1.807, 2.05) is 36.4 Å². The number of nitrogens with one attached hydrogen (secondary N) is 1. The number of anilines is 2. The van der Waals surface area contributed by atoms with E-state index in [1.165, 1.54) is 18.4 Å². The molecule has 2 heterocycles. The van der Waals surface area contributed by atoms with E-state index in [1.54, 1.807) is 12.4 Å². The predicted molar refractivity (Wildman–Crippen MR) is 105 cm³/mol.